The Morgan fingerprint density at radius 1 is 1.14 bits per heavy atom. The normalized spacial score (nSPS) is 16.9. The standard InChI is InChI=1S/C32H36ClN7O3/c1-39(2)16-6-11-29(41)36-22-14-12-21(13-15-22)20-40(32(42)43)24-8-5-7-23(17-24)37-31-35-19-27(33)30(38-31)26-18-34-28-10-4-3-9-25(26)28/h3-4,6,9-15,18-19,23-24,34H,5,7-8,16-17,20H2,1-2H3,(H,36,41)(H,42,43)(H,35,37,38). The number of hydrogen-bond acceptors (Lipinski definition) is 6. The van der Waals surface area contributed by atoms with Gasteiger partial charge < -0.3 is 30.5 Å². The van der Waals surface area contributed by atoms with E-state index in [0.29, 0.717) is 35.3 Å². The monoisotopic (exact) mass is 601 g/mol. The van der Waals surface area contributed by atoms with Crippen LogP contribution in [0.15, 0.2) is 73.1 Å². The van der Waals surface area contributed by atoms with E-state index in [9.17, 15) is 14.7 Å². The Kier molecular flexibility index (Phi) is 9.58. The molecule has 2 aromatic carbocycles. The summed E-state index contributed by atoms with van der Waals surface area (Å²) in [5.41, 5.74) is 4.04. The van der Waals surface area contributed by atoms with E-state index in [0.717, 1.165) is 41.3 Å². The number of nitrogens with one attached hydrogen (secondary N) is 3. The first kappa shape index (κ1) is 30.1. The number of para-hydroxylation sites is 1. The average Bonchev–Trinajstić information content (AvgIpc) is 3.41. The number of likely N-dealkylation sites (N-methyl/N-ethyl adjacent to an activating group) is 1. The van der Waals surface area contributed by atoms with Gasteiger partial charge in [0.15, 0.2) is 0 Å². The number of aromatic amines is 1. The van der Waals surface area contributed by atoms with Gasteiger partial charge >= 0.3 is 6.09 Å². The second-order valence-electron chi connectivity index (χ2n) is 11.1. The molecule has 5 rings (SSSR count). The van der Waals surface area contributed by atoms with Gasteiger partial charge in [0.1, 0.15) is 0 Å². The summed E-state index contributed by atoms with van der Waals surface area (Å²) in [6.45, 7) is 0.930. The van der Waals surface area contributed by atoms with Gasteiger partial charge in [0.05, 0.1) is 16.9 Å². The summed E-state index contributed by atoms with van der Waals surface area (Å²) in [5, 5.41) is 17.9. The molecule has 0 aliphatic heterocycles. The molecule has 10 nitrogen and oxygen atoms in total. The number of aromatic nitrogens is 3. The number of fused-ring (bicyclic) bond motifs is 1. The second kappa shape index (κ2) is 13.7. The van der Waals surface area contributed by atoms with E-state index in [2.05, 4.69) is 20.6 Å². The lowest BCUT2D eigenvalue weighted by Gasteiger charge is -2.36. The third-order valence-electron chi connectivity index (χ3n) is 7.57. The molecule has 11 heteroatoms. The average molecular weight is 602 g/mol. The van der Waals surface area contributed by atoms with Crippen molar-refractivity contribution < 1.29 is 14.7 Å². The van der Waals surface area contributed by atoms with E-state index < -0.39 is 6.09 Å². The second-order valence-corrected chi connectivity index (χ2v) is 11.5. The highest BCUT2D eigenvalue weighted by atomic mass is 35.5. The number of hydrogen-bond donors (Lipinski definition) is 4. The van der Waals surface area contributed by atoms with Crippen molar-refractivity contribution in [3.63, 3.8) is 0 Å². The van der Waals surface area contributed by atoms with Gasteiger partial charge in [-0.3, -0.25) is 4.79 Å². The van der Waals surface area contributed by atoms with E-state index in [1.165, 1.54) is 11.0 Å². The third-order valence-corrected chi connectivity index (χ3v) is 7.85. The molecule has 2 amide bonds. The zero-order valence-electron chi connectivity index (χ0n) is 24.3. The summed E-state index contributed by atoms with van der Waals surface area (Å²) in [5.74, 6) is 0.257. The Morgan fingerprint density at radius 3 is 2.70 bits per heavy atom. The molecule has 0 radical (unpaired) electrons. The van der Waals surface area contributed by atoms with E-state index in [1.54, 1.807) is 24.4 Å². The molecule has 2 atom stereocenters. The van der Waals surface area contributed by atoms with Gasteiger partial charge in [-0.2, -0.15) is 0 Å². The van der Waals surface area contributed by atoms with Crippen LogP contribution in [0.4, 0.5) is 16.4 Å². The number of nitrogens with zero attached hydrogens (tertiary/aromatic N) is 4. The maximum atomic E-state index is 12.3. The number of carboxylic acid groups (broad SMARTS) is 1. The van der Waals surface area contributed by atoms with Gasteiger partial charge in [0.2, 0.25) is 11.9 Å². The molecular formula is C32H36ClN7O3. The molecule has 1 fully saturated rings. The molecular weight excluding hydrogens is 566 g/mol. The number of carbonyl (C=O) groups excluding carboxylic acids is 1. The maximum Gasteiger partial charge on any atom is 0.407 e. The van der Waals surface area contributed by atoms with Crippen LogP contribution in [-0.2, 0) is 11.3 Å². The zero-order chi connectivity index (χ0) is 30.3. The highest BCUT2D eigenvalue weighted by Crippen LogP contribution is 2.33. The topological polar surface area (TPSA) is 126 Å². The van der Waals surface area contributed by atoms with Crippen molar-refractivity contribution in [2.24, 2.45) is 0 Å². The van der Waals surface area contributed by atoms with E-state index >= 15 is 0 Å². The summed E-state index contributed by atoms with van der Waals surface area (Å²) in [6.07, 6.45) is 9.01. The molecule has 2 heterocycles. The zero-order valence-corrected chi connectivity index (χ0v) is 25.0. The van der Waals surface area contributed by atoms with Crippen molar-refractivity contribution in [3.8, 4) is 11.3 Å². The van der Waals surface area contributed by atoms with Crippen molar-refractivity contribution in [2.75, 3.05) is 31.3 Å². The smallest absolute Gasteiger partial charge is 0.407 e. The third kappa shape index (κ3) is 7.71. The Balaban J connectivity index is 1.22. The first-order valence-electron chi connectivity index (χ1n) is 14.3. The van der Waals surface area contributed by atoms with Gasteiger partial charge in [-0.15, -0.1) is 0 Å². The lowest BCUT2D eigenvalue weighted by molar-refractivity contribution is -0.111. The number of rotatable bonds is 10. The Bertz CT molecular complexity index is 1600. The first-order valence-corrected chi connectivity index (χ1v) is 14.7. The van der Waals surface area contributed by atoms with Crippen molar-refractivity contribution in [3.05, 3.63) is 83.7 Å². The summed E-state index contributed by atoms with van der Waals surface area (Å²) < 4.78 is 0. The molecule has 224 valence electrons. The molecule has 1 aliphatic rings. The van der Waals surface area contributed by atoms with Gasteiger partial charge in [-0.05, 0) is 63.5 Å². The molecule has 0 spiro atoms. The van der Waals surface area contributed by atoms with E-state index in [-0.39, 0.29) is 24.5 Å². The number of H-pyrrole nitrogens is 1. The van der Waals surface area contributed by atoms with Crippen molar-refractivity contribution in [2.45, 2.75) is 44.3 Å². The fourth-order valence-corrected chi connectivity index (χ4v) is 5.64. The first-order chi connectivity index (χ1) is 20.8. The van der Waals surface area contributed by atoms with Crippen LogP contribution in [0.25, 0.3) is 22.2 Å². The minimum atomic E-state index is -0.960. The summed E-state index contributed by atoms with van der Waals surface area (Å²) in [6, 6.07) is 15.1. The molecule has 1 saturated carbocycles. The van der Waals surface area contributed by atoms with Gasteiger partial charge in [0, 0.05) is 59.6 Å². The van der Waals surface area contributed by atoms with Crippen molar-refractivity contribution in [1.82, 2.24) is 24.8 Å². The fraction of sp³-hybridized carbons (Fsp3) is 0.312. The minimum absolute atomic E-state index is 0.00994. The van der Waals surface area contributed by atoms with E-state index in [1.807, 2.05) is 61.6 Å². The number of halogens is 1. The molecule has 0 bridgehead atoms. The number of carbonyl (C=O) groups is 2. The van der Waals surface area contributed by atoms with Crippen LogP contribution < -0.4 is 10.6 Å². The molecule has 2 unspecified atom stereocenters. The van der Waals surface area contributed by atoms with Crippen LogP contribution in [0.1, 0.15) is 31.2 Å². The van der Waals surface area contributed by atoms with Crippen LogP contribution in [0.5, 0.6) is 0 Å². The van der Waals surface area contributed by atoms with Gasteiger partial charge in [0.25, 0.3) is 0 Å². The molecule has 0 saturated heterocycles. The number of amides is 2. The summed E-state index contributed by atoms with van der Waals surface area (Å²) >= 11 is 6.51. The predicted molar refractivity (Wildman–Crippen MR) is 170 cm³/mol. The Morgan fingerprint density at radius 2 is 1.93 bits per heavy atom. The molecule has 43 heavy (non-hydrogen) atoms. The molecule has 1 aliphatic carbocycles. The van der Waals surface area contributed by atoms with Crippen LogP contribution >= 0.6 is 11.6 Å². The molecule has 2 aromatic heterocycles. The van der Waals surface area contributed by atoms with Crippen LogP contribution in [0, 0.1) is 0 Å². The maximum absolute atomic E-state index is 12.3. The minimum Gasteiger partial charge on any atom is -0.465 e. The summed E-state index contributed by atoms with van der Waals surface area (Å²) in [7, 11) is 3.86. The van der Waals surface area contributed by atoms with Crippen LogP contribution in [0.3, 0.4) is 0 Å². The van der Waals surface area contributed by atoms with Crippen LogP contribution in [0.2, 0.25) is 5.02 Å². The van der Waals surface area contributed by atoms with E-state index in [4.69, 9.17) is 16.6 Å². The SMILES string of the molecule is CN(C)CC=CC(=O)Nc1ccc(CN(C(=O)O)C2CCCC(Nc3ncc(Cl)c(-c4c[nH]c5ccccc45)n3)C2)cc1. The Hall–Kier alpha value is -4.41. The summed E-state index contributed by atoms with van der Waals surface area (Å²) in [4.78, 5) is 40.4. The van der Waals surface area contributed by atoms with Crippen LogP contribution in [-0.4, -0.2) is 74.6 Å². The van der Waals surface area contributed by atoms with Gasteiger partial charge in [-0.25, -0.2) is 14.8 Å². The highest BCUT2D eigenvalue weighted by molar-refractivity contribution is 6.33. The number of anilines is 2. The van der Waals surface area contributed by atoms with Crippen molar-refractivity contribution in [1.29, 1.82) is 0 Å². The fourth-order valence-electron chi connectivity index (χ4n) is 5.45. The molecule has 4 N–H and O–H groups in total. The lowest BCUT2D eigenvalue weighted by atomic mass is 9.90. The molecule has 4 aromatic rings. The lowest BCUT2D eigenvalue weighted by Crippen LogP contribution is -2.44. The number of benzene rings is 2. The Labute approximate surface area is 255 Å². The van der Waals surface area contributed by atoms with Crippen molar-refractivity contribution >= 4 is 46.1 Å². The predicted octanol–water partition coefficient (Wildman–Crippen LogP) is 6.24. The largest absolute Gasteiger partial charge is 0.465 e. The quantitative estimate of drug-likeness (QED) is 0.159. The van der Waals surface area contributed by atoms with Gasteiger partial charge in [-0.1, -0.05) is 48.0 Å². The highest BCUT2D eigenvalue weighted by Gasteiger charge is 2.30.